The van der Waals surface area contributed by atoms with Crippen LogP contribution < -0.4 is 0 Å². The van der Waals surface area contributed by atoms with Crippen LogP contribution in [0.2, 0.25) is 0 Å². The third-order valence-electron chi connectivity index (χ3n) is 4.40. The Kier molecular flexibility index (Phi) is 5.08. The molecule has 1 saturated heterocycles. The van der Waals surface area contributed by atoms with Crippen molar-refractivity contribution in [3.63, 3.8) is 0 Å². The summed E-state index contributed by atoms with van der Waals surface area (Å²) in [6.45, 7) is 1.85. The maximum atomic E-state index is 12.6. The van der Waals surface area contributed by atoms with Crippen molar-refractivity contribution in [1.29, 1.82) is 0 Å². The molecule has 26 heavy (non-hydrogen) atoms. The lowest BCUT2D eigenvalue weighted by molar-refractivity contribution is 0.0535. The average Bonchev–Trinajstić information content (AvgIpc) is 2.67. The van der Waals surface area contributed by atoms with Gasteiger partial charge in [-0.15, -0.1) is 0 Å². The molecule has 0 spiro atoms. The fourth-order valence-corrected chi connectivity index (χ4v) is 3.53. The van der Waals surface area contributed by atoms with E-state index in [1.807, 2.05) is 18.2 Å². The molecular formula is C19H20N2O4S. The number of hydrogen-bond acceptors (Lipinski definition) is 4. The molecule has 7 heteroatoms. The highest BCUT2D eigenvalue weighted by atomic mass is 32.2. The van der Waals surface area contributed by atoms with Gasteiger partial charge in [-0.05, 0) is 36.4 Å². The number of hydrogen-bond donors (Lipinski definition) is 0. The van der Waals surface area contributed by atoms with Crippen molar-refractivity contribution in [1.82, 2.24) is 9.80 Å². The number of amides is 2. The highest BCUT2D eigenvalue weighted by Gasteiger charge is 2.25. The van der Waals surface area contributed by atoms with Crippen LogP contribution in [-0.2, 0) is 9.84 Å². The quantitative estimate of drug-likeness (QED) is 0.822. The summed E-state index contributed by atoms with van der Waals surface area (Å²) in [6, 6.07) is 15.0. The Balaban J connectivity index is 1.63. The molecule has 3 rings (SSSR count). The SMILES string of the molecule is CS(=O)(=O)c1ccc(C(=O)N2CCN(C(=O)c3ccccc3)CC2)cc1. The third-order valence-corrected chi connectivity index (χ3v) is 5.53. The van der Waals surface area contributed by atoms with E-state index in [0.29, 0.717) is 37.3 Å². The fraction of sp³-hybridized carbons (Fsp3) is 0.263. The topological polar surface area (TPSA) is 74.8 Å². The van der Waals surface area contributed by atoms with Crippen molar-refractivity contribution in [2.75, 3.05) is 32.4 Å². The summed E-state index contributed by atoms with van der Waals surface area (Å²) in [5.41, 5.74) is 1.09. The van der Waals surface area contributed by atoms with Crippen molar-refractivity contribution in [3.05, 3.63) is 65.7 Å². The molecule has 2 aromatic rings. The molecule has 0 atom stereocenters. The summed E-state index contributed by atoms with van der Waals surface area (Å²) in [5, 5.41) is 0. The second-order valence-electron chi connectivity index (χ2n) is 6.25. The van der Waals surface area contributed by atoms with Crippen molar-refractivity contribution in [3.8, 4) is 0 Å². The highest BCUT2D eigenvalue weighted by molar-refractivity contribution is 7.90. The molecule has 2 amide bonds. The number of nitrogens with zero attached hydrogens (tertiary/aromatic N) is 2. The minimum absolute atomic E-state index is 0.0322. The number of piperazine rings is 1. The monoisotopic (exact) mass is 372 g/mol. The first-order valence-corrected chi connectivity index (χ1v) is 10.2. The second-order valence-corrected chi connectivity index (χ2v) is 8.26. The molecule has 0 aliphatic carbocycles. The van der Waals surface area contributed by atoms with E-state index < -0.39 is 9.84 Å². The first kappa shape index (κ1) is 18.1. The molecular weight excluding hydrogens is 352 g/mol. The van der Waals surface area contributed by atoms with E-state index >= 15 is 0 Å². The highest BCUT2D eigenvalue weighted by Crippen LogP contribution is 2.14. The van der Waals surface area contributed by atoms with Gasteiger partial charge in [-0.2, -0.15) is 0 Å². The summed E-state index contributed by atoms with van der Waals surface area (Å²) in [4.78, 5) is 28.6. The maximum absolute atomic E-state index is 12.6. The molecule has 6 nitrogen and oxygen atoms in total. The summed E-state index contributed by atoms with van der Waals surface area (Å²) in [6.07, 6.45) is 1.13. The lowest BCUT2D eigenvalue weighted by Crippen LogP contribution is -2.50. The first-order chi connectivity index (χ1) is 12.4. The number of benzene rings is 2. The lowest BCUT2D eigenvalue weighted by Gasteiger charge is -2.34. The van der Waals surface area contributed by atoms with E-state index in [9.17, 15) is 18.0 Å². The molecule has 1 aliphatic rings. The van der Waals surface area contributed by atoms with Gasteiger partial charge < -0.3 is 9.80 Å². The van der Waals surface area contributed by atoms with Crippen LogP contribution in [0, 0.1) is 0 Å². The molecule has 1 aliphatic heterocycles. The van der Waals surface area contributed by atoms with E-state index in [0.717, 1.165) is 6.26 Å². The Labute approximate surface area is 153 Å². The van der Waals surface area contributed by atoms with Crippen LogP contribution in [-0.4, -0.2) is 62.5 Å². The number of carbonyl (C=O) groups excluding carboxylic acids is 2. The van der Waals surface area contributed by atoms with Crippen LogP contribution in [0.5, 0.6) is 0 Å². The standard InChI is InChI=1S/C19H20N2O4S/c1-26(24,25)17-9-7-16(8-10-17)19(23)21-13-11-20(12-14-21)18(22)15-5-3-2-4-6-15/h2-10H,11-14H2,1H3. The van der Waals surface area contributed by atoms with Crippen molar-refractivity contribution < 1.29 is 18.0 Å². The molecule has 0 N–H and O–H groups in total. The summed E-state index contributed by atoms with van der Waals surface area (Å²) in [5.74, 6) is -0.188. The normalized spacial score (nSPS) is 15.0. The zero-order valence-electron chi connectivity index (χ0n) is 14.5. The molecule has 0 unspecified atom stereocenters. The van der Waals surface area contributed by atoms with Crippen LogP contribution in [0.15, 0.2) is 59.5 Å². The van der Waals surface area contributed by atoms with Gasteiger partial charge in [-0.3, -0.25) is 9.59 Å². The van der Waals surface area contributed by atoms with Gasteiger partial charge in [-0.1, -0.05) is 18.2 Å². The summed E-state index contributed by atoms with van der Waals surface area (Å²) < 4.78 is 23.0. The maximum Gasteiger partial charge on any atom is 0.253 e. The Morgan fingerprint density at radius 2 is 1.15 bits per heavy atom. The lowest BCUT2D eigenvalue weighted by atomic mass is 10.1. The van der Waals surface area contributed by atoms with Gasteiger partial charge in [-0.25, -0.2) is 8.42 Å². The average molecular weight is 372 g/mol. The van der Waals surface area contributed by atoms with E-state index in [2.05, 4.69) is 0 Å². The van der Waals surface area contributed by atoms with Gasteiger partial charge in [0.2, 0.25) is 0 Å². The molecule has 1 fully saturated rings. The largest absolute Gasteiger partial charge is 0.335 e. The Morgan fingerprint density at radius 3 is 1.58 bits per heavy atom. The van der Waals surface area contributed by atoms with E-state index in [-0.39, 0.29) is 16.7 Å². The van der Waals surface area contributed by atoms with Gasteiger partial charge in [0.1, 0.15) is 0 Å². The minimum atomic E-state index is -3.28. The van der Waals surface area contributed by atoms with Crippen molar-refractivity contribution in [2.24, 2.45) is 0 Å². The van der Waals surface area contributed by atoms with Crippen LogP contribution in [0.25, 0.3) is 0 Å². The summed E-state index contributed by atoms with van der Waals surface area (Å²) in [7, 11) is -3.28. The van der Waals surface area contributed by atoms with E-state index in [1.54, 1.807) is 21.9 Å². The fourth-order valence-electron chi connectivity index (χ4n) is 2.90. The molecule has 1 heterocycles. The Morgan fingerprint density at radius 1 is 0.731 bits per heavy atom. The zero-order chi connectivity index (χ0) is 18.7. The van der Waals surface area contributed by atoms with Gasteiger partial charge in [0, 0.05) is 43.6 Å². The second kappa shape index (κ2) is 7.29. The van der Waals surface area contributed by atoms with Crippen LogP contribution in [0.1, 0.15) is 20.7 Å². The van der Waals surface area contributed by atoms with E-state index in [1.165, 1.54) is 24.3 Å². The van der Waals surface area contributed by atoms with Crippen molar-refractivity contribution in [2.45, 2.75) is 4.90 Å². The zero-order valence-corrected chi connectivity index (χ0v) is 15.3. The van der Waals surface area contributed by atoms with Crippen LogP contribution in [0.3, 0.4) is 0 Å². The van der Waals surface area contributed by atoms with Crippen LogP contribution >= 0.6 is 0 Å². The van der Waals surface area contributed by atoms with Crippen LogP contribution in [0.4, 0.5) is 0 Å². The third kappa shape index (κ3) is 3.94. The first-order valence-electron chi connectivity index (χ1n) is 8.30. The molecule has 0 bridgehead atoms. The molecule has 0 saturated carbocycles. The van der Waals surface area contributed by atoms with E-state index in [4.69, 9.17) is 0 Å². The smallest absolute Gasteiger partial charge is 0.253 e. The predicted molar refractivity (Wildman–Crippen MR) is 97.8 cm³/mol. The number of carbonyl (C=O) groups is 2. The van der Waals surface area contributed by atoms with Gasteiger partial charge in [0.25, 0.3) is 11.8 Å². The summed E-state index contributed by atoms with van der Waals surface area (Å²) >= 11 is 0. The Bertz CT molecular complexity index is 900. The molecule has 0 radical (unpaired) electrons. The minimum Gasteiger partial charge on any atom is -0.335 e. The van der Waals surface area contributed by atoms with Gasteiger partial charge in [0.05, 0.1) is 4.90 Å². The molecule has 0 aromatic heterocycles. The van der Waals surface area contributed by atoms with Gasteiger partial charge in [0.15, 0.2) is 9.84 Å². The number of sulfone groups is 1. The molecule has 2 aromatic carbocycles. The molecule has 136 valence electrons. The number of rotatable bonds is 3. The predicted octanol–water partition coefficient (Wildman–Crippen LogP) is 1.69. The van der Waals surface area contributed by atoms with Gasteiger partial charge >= 0.3 is 0 Å². The van der Waals surface area contributed by atoms with Crippen molar-refractivity contribution >= 4 is 21.7 Å². The Hall–Kier alpha value is -2.67.